The van der Waals surface area contributed by atoms with Gasteiger partial charge in [0.05, 0.1) is 34.4 Å². The van der Waals surface area contributed by atoms with Crippen LogP contribution in [0.1, 0.15) is 47.5 Å². The molecule has 0 radical (unpaired) electrons. The van der Waals surface area contributed by atoms with Crippen molar-refractivity contribution in [2.24, 2.45) is 0 Å². The first-order valence-corrected chi connectivity index (χ1v) is 9.87. The molecule has 0 N–H and O–H groups in total. The van der Waals surface area contributed by atoms with Crippen molar-refractivity contribution in [1.29, 1.82) is 0 Å². The fourth-order valence-electron chi connectivity index (χ4n) is 2.12. The maximum absolute atomic E-state index is 11.9. The van der Waals surface area contributed by atoms with Crippen LogP contribution in [0.4, 0.5) is 0 Å². The van der Waals surface area contributed by atoms with E-state index in [1.54, 1.807) is 0 Å². The van der Waals surface area contributed by atoms with E-state index in [-0.39, 0.29) is 24.6 Å². The average Bonchev–Trinajstić information content (AvgIpc) is 2.21. The smallest absolute Gasteiger partial charge is 0.308 e. The monoisotopic (exact) mass is 418 g/mol. The highest BCUT2D eigenvalue weighted by Crippen LogP contribution is 2.30. The molecule has 2 atom stereocenters. The summed E-state index contributed by atoms with van der Waals surface area (Å²) in [5.74, 6) is -0.960. The minimum atomic E-state index is -0.713. The zero-order chi connectivity index (χ0) is 15.4. The van der Waals surface area contributed by atoms with E-state index >= 15 is 0 Å². The summed E-state index contributed by atoms with van der Waals surface area (Å²) in [4.78, 5) is 11.9. The highest BCUT2D eigenvalue weighted by atomic mass is 127. The molecule has 20 heavy (non-hydrogen) atoms. The predicted molar refractivity (Wildman–Crippen MR) is 86.5 cm³/mol. The zero-order valence-electron chi connectivity index (χ0n) is 12.6. The molecular formula is C13H23IO5S. The second-order valence-electron chi connectivity index (χ2n) is 6.25. The summed E-state index contributed by atoms with van der Waals surface area (Å²) in [7, 11) is 1.28. The first-order chi connectivity index (χ1) is 9.11. The van der Waals surface area contributed by atoms with E-state index in [4.69, 9.17) is 18.4 Å². The Balaban J connectivity index is 2.53. The molecule has 0 spiro atoms. The van der Waals surface area contributed by atoms with E-state index in [0.29, 0.717) is 13.0 Å². The summed E-state index contributed by atoms with van der Waals surface area (Å²) < 4.78 is 22.2. The van der Waals surface area contributed by atoms with Crippen LogP contribution < -0.4 is 0 Å². The third-order valence-electron chi connectivity index (χ3n) is 2.54. The molecule has 1 heterocycles. The Bertz CT molecular complexity index is 329. The van der Waals surface area contributed by atoms with Crippen LogP contribution in [0.5, 0.6) is 0 Å². The lowest BCUT2D eigenvalue weighted by Gasteiger charge is -2.40. The predicted octanol–water partition coefficient (Wildman–Crippen LogP) is 3.64. The molecule has 5 nitrogen and oxygen atoms in total. The number of ether oxygens (including phenoxy) is 3. The molecule has 7 heteroatoms. The van der Waals surface area contributed by atoms with Crippen molar-refractivity contribution in [2.45, 2.75) is 71.1 Å². The Morgan fingerprint density at radius 3 is 2.50 bits per heavy atom. The molecule has 0 bridgehead atoms. The van der Waals surface area contributed by atoms with Crippen LogP contribution in [0, 0.1) is 0 Å². The van der Waals surface area contributed by atoms with E-state index in [0.717, 1.165) is 0 Å². The Morgan fingerprint density at radius 1 is 1.35 bits per heavy atom. The topological polar surface area (TPSA) is 54.0 Å². The van der Waals surface area contributed by atoms with E-state index < -0.39 is 11.4 Å². The third kappa shape index (κ3) is 7.44. The maximum Gasteiger partial charge on any atom is 0.308 e. The third-order valence-corrected chi connectivity index (χ3v) is 3.53. The van der Waals surface area contributed by atoms with Gasteiger partial charge in [-0.05, 0) is 34.6 Å². The first-order valence-electron chi connectivity index (χ1n) is 6.59. The molecular weight excluding hydrogens is 395 g/mol. The zero-order valence-corrected chi connectivity index (χ0v) is 15.6. The van der Waals surface area contributed by atoms with Gasteiger partial charge >= 0.3 is 5.97 Å². The molecule has 0 unspecified atom stereocenters. The summed E-state index contributed by atoms with van der Waals surface area (Å²) in [5.41, 5.74) is -0.474. The molecule has 1 fully saturated rings. The minimum absolute atomic E-state index is 0.0755. The van der Waals surface area contributed by atoms with E-state index in [1.165, 1.54) is 9.21 Å². The van der Waals surface area contributed by atoms with Gasteiger partial charge in [0.25, 0.3) is 0 Å². The van der Waals surface area contributed by atoms with Gasteiger partial charge in [-0.3, -0.25) is 4.79 Å². The minimum Gasteiger partial charge on any atom is -0.460 e. The Hall–Kier alpha value is 0.430. The van der Waals surface area contributed by atoms with Gasteiger partial charge in [-0.1, -0.05) is 0 Å². The van der Waals surface area contributed by atoms with Crippen molar-refractivity contribution in [3.63, 3.8) is 0 Å². The van der Waals surface area contributed by atoms with Crippen molar-refractivity contribution in [1.82, 2.24) is 0 Å². The first kappa shape index (κ1) is 18.5. The van der Waals surface area contributed by atoms with Crippen molar-refractivity contribution in [2.75, 3.05) is 6.61 Å². The lowest BCUT2D eigenvalue weighted by molar-refractivity contribution is -0.302. The lowest BCUT2D eigenvalue weighted by atomic mass is 10.1. The van der Waals surface area contributed by atoms with Gasteiger partial charge < -0.3 is 18.4 Å². The fraction of sp³-hybridized carbons (Fsp3) is 0.923. The van der Waals surface area contributed by atoms with Crippen molar-refractivity contribution >= 4 is 36.4 Å². The van der Waals surface area contributed by atoms with Crippen LogP contribution in [0.2, 0.25) is 0 Å². The van der Waals surface area contributed by atoms with Crippen LogP contribution in [0.25, 0.3) is 0 Å². The Morgan fingerprint density at radius 2 is 1.95 bits per heavy atom. The summed E-state index contributed by atoms with van der Waals surface area (Å²) in [6.45, 7) is 9.73. The van der Waals surface area contributed by atoms with Crippen molar-refractivity contribution in [3.8, 4) is 0 Å². The molecule has 1 saturated heterocycles. The van der Waals surface area contributed by atoms with Crippen molar-refractivity contribution < 1.29 is 23.2 Å². The molecule has 1 rings (SSSR count). The highest BCUT2D eigenvalue weighted by molar-refractivity contribution is 14.2. The molecule has 0 aliphatic carbocycles. The van der Waals surface area contributed by atoms with E-state index in [9.17, 15) is 4.79 Å². The largest absolute Gasteiger partial charge is 0.460 e. The van der Waals surface area contributed by atoms with E-state index in [2.05, 4.69) is 21.2 Å². The van der Waals surface area contributed by atoms with Crippen LogP contribution in [-0.4, -0.2) is 36.2 Å². The number of carbonyl (C=O) groups is 1. The lowest BCUT2D eigenvalue weighted by Crippen LogP contribution is -2.47. The summed E-state index contributed by atoms with van der Waals surface area (Å²) >= 11 is 2.07. The summed E-state index contributed by atoms with van der Waals surface area (Å²) in [6.07, 6.45) is 0.576. The number of halogens is 1. The molecule has 1 aliphatic rings. The molecule has 0 saturated carbocycles. The molecule has 1 aliphatic heterocycles. The van der Waals surface area contributed by atoms with Crippen molar-refractivity contribution in [3.05, 3.63) is 0 Å². The average molecular weight is 418 g/mol. The number of hydrogen-bond acceptors (Lipinski definition) is 6. The molecule has 0 aromatic carbocycles. The molecule has 0 aromatic heterocycles. The number of rotatable bonds is 5. The fourth-order valence-corrected chi connectivity index (χ4v) is 2.76. The van der Waals surface area contributed by atoms with Gasteiger partial charge in [0.15, 0.2) is 5.79 Å². The molecule has 0 aromatic rings. The Kier molecular flexibility index (Phi) is 7.04. The highest BCUT2D eigenvalue weighted by Gasteiger charge is 2.37. The second kappa shape index (κ2) is 7.62. The number of hydrogen-bond donors (Lipinski definition) is 0. The van der Waals surface area contributed by atoms with Gasteiger partial charge in [-0.15, -0.1) is 0 Å². The SMILES string of the molecule is CC(C)(C)OC(=O)C[C@H]1C[C@@H](COSI)OC(C)(C)O1. The number of esters is 1. The standard InChI is InChI=1S/C13H23IO5S/c1-12(2,3)19-11(15)7-9-6-10(8-16-20-14)18-13(4,5)17-9/h9-10H,6-8H2,1-5H3/t9-,10+/m1/s1. The molecule has 118 valence electrons. The quantitative estimate of drug-likeness (QED) is 0.386. The van der Waals surface area contributed by atoms with E-state index in [1.807, 2.05) is 34.6 Å². The maximum atomic E-state index is 11.9. The van der Waals surface area contributed by atoms with Gasteiger partial charge in [0, 0.05) is 27.6 Å². The number of carbonyl (C=O) groups excluding carboxylic acids is 1. The van der Waals surface area contributed by atoms with Gasteiger partial charge in [-0.2, -0.15) is 0 Å². The normalized spacial score (nSPS) is 26.3. The van der Waals surface area contributed by atoms with Crippen LogP contribution >= 0.6 is 30.4 Å². The summed E-state index contributed by atoms with van der Waals surface area (Å²) in [5, 5.41) is 0. The molecule has 0 amide bonds. The summed E-state index contributed by atoms with van der Waals surface area (Å²) in [6, 6.07) is 0. The van der Waals surface area contributed by atoms with Gasteiger partial charge in [0.2, 0.25) is 0 Å². The van der Waals surface area contributed by atoms with Gasteiger partial charge in [-0.25, -0.2) is 0 Å². The Labute approximate surface area is 137 Å². The van der Waals surface area contributed by atoms with Crippen LogP contribution in [0.15, 0.2) is 0 Å². The van der Waals surface area contributed by atoms with Crippen LogP contribution in [-0.2, 0) is 23.2 Å². The van der Waals surface area contributed by atoms with Crippen LogP contribution in [0.3, 0.4) is 0 Å². The second-order valence-corrected chi connectivity index (χ2v) is 7.69. The van der Waals surface area contributed by atoms with Gasteiger partial charge in [0.1, 0.15) is 5.60 Å².